The van der Waals surface area contributed by atoms with Gasteiger partial charge in [0.1, 0.15) is 0 Å². The number of carbonyl (C=O) groups excluding carboxylic acids is 2. The average molecular weight is 339 g/mol. The van der Waals surface area contributed by atoms with Crippen LogP contribution in [0, 0.1) is 0 Å². The normalized spacial score (nSPS) is 11.6. The van der Waals surface area contributed by atoms with E-state index < -0.39 is 0 Å². The fourth-order valence-corrected chi connectivity index (χ4v) is 2.52. The van der Waals surface area contributed by atoms with Crippen LogP contribution in [0.25, 0.3) is 0 Å². The van der Waals surface area contributed by atoms with Crippen molar-refractivity contribution in [3.8, 4) is 0 Å². The largest absolute Gasteiger partial charge is 0.350 e. The third kappa shape index (κ3) is 5.16. The van der Waals surface area contributed by atoms with Gasteiger partial charge in [-0.15, -0.1) is 0 Å². The van der Waals surface area contributed by atoms with E-state index in [2.05, 4.69) is 10.6 Å². The summed E-state index contributed by atoms with van der Waals surface area (Å²) < 4.78 is 0. The third-order valence-corrected chi connectivity index (χ3v) is 3.94. The Labute approximate surface area is 149 Å². The molecule has 5 heteroatoms. The van der Waals surface area contributed by atoms with E-state index in [1.54, 1.807) is 36.2 Å². The molecule has 0 saturated carbocycles. The quantitative estimate of drug-likeness (QED) is 0.815. The molecule has 0 aromatic heterocycles. The highest BCUT2D eigenvalue weighted by molar-refractivity contribution is 6.07. The van der Waals surface area contributed by atoms with Gasteiger partial charge in [-0.05, 0) is 43.8 Å². The predicted octanol–water partition coefficient (Wildman–Crippen LogP) is 2.69. The topological polar surface area (TPSA) is 61.4 Å². The molecule has 2 aromatic carbocycles. The van der Waals surface area contributed by atoms with Gasteiger partial charge in [0.25, 0.3) is 11.8 Å². The SMILES string of the molecule is CCN[C@H](C)CNC(=O)c1cccc(C(=O)N(C)c2ccccc2)c1. The number of hydrogen-bond donors (Lipinski definition) is 2. The maximum atomic E-state index is 12.7. The second-order valence-electron chi connectivity index (χ2n) is 5.95. The summed E-state index contributed by atoms with van der Waals surface area (Å²) in [4.78, 5) is 26.5. The number of nitrogens with zero attached hydrogens (tertiary/aromatic N) is 1. The van der Waals surface area contributed by atoms with Gasteiger partial charge >= 0.3 is 0 Å². The molecule has 0 radical (unpaired) electrons. The highest BCUT2D eigenvalue weighted by Gasteiger charge is 2.15. The zero-order valence-corrected chi connectivity index (χ0v) is 15.0. The van der Waals surface area contributed by atoms with Crippen LogP contribution in [0.4, 0.5) is 5.69 Å². The summed E-state index contributed by atoms with van der Waals surface area (Å²) >= 11 is 0. The van der Waals surface area contributed by atoms with Gasteiger partial charge in [0.2, 0.25) is 0 Å². The van der Waals surface area contributed by atoms with Gasteiger partial charge in [0.15, 0.2) is 0 Å². The van der Waals surface area contributed by atoms with E-state index in [1.807, 2.05) is 44.2 Å². The molecule has 132 valence electrons. The summed E-state index contributed by atoms with van der Waals surface area (Å²) in [6.07, 6.45) is 0. The van der Waals surface area contributed by atoms with E-state index in [-0.39, 0.29) is 17.9 Å². The van der Waals surface area contributed by atoms with Crippen LogP contribution in [0.1, 0.15) is 34.6 Å². The minimum Gasteiger partial charge on any atom is -0.350 e. The van der Waals surface area contributed by atoms with E-state index in [0.29, 0.717) is 17.7 Å². The second kappa shape index (κ2) is 8.99. The Kier molecular flexibility index (Phi) is 6.71. The van der Waals surface area contributed by atoms with Crippen molar-refractivity contribution in [3.05, 3.63) is 65.7 Å². The van der Waals surface area contributed by atoms with Gasteiger partial charge in [-0.3, -0.25) is 9.59 Å². The Morgan fingerprint density at radius 3 is 2.40 bits per heavy atom. The second-order valence-corrected chi connectivity index (χ2v) is 5.95. The van der Waals surface area contributed by atoms with Gasteiger partial charge in [-0.2, -0.15) is 0 Å². The highest BCUT2D eigenvalue weighted by Crippen LogP contribution is 2.15. The molecule has 0 heterocycles. The summed E-state index contributed by atoms with van der Waals surface area (Å²) in [6.45, 7) is 5.43. The molecule has 0 saturated heterocycles. The van der Waals surface area contributed by atoms with Crippen LogP contribution in [0.3, 0.4) is 0 Å². The Balaban J connectivity index is 2.07. The Hall–Kier alpha value is -2.66. The molecule has 0 aliphatic rings. The lowest BCUT2D eigenvalue weighted by molar-refractivity contribution is 0.0950. The maximum absolute atomic E-state index is 12.7. The Bertz CT molecular complexity index is 716. The molecular weight excluding hydrogens is 314 g/mol. The lowest BCUT2D eigenvalue weighted by Gasteiger charge is -2.18. The summed E-state index contributed by atoms with van der Waals surface area (Å²) in [7, 11) is 1.72. The highest BCUT2D eigenvalue weighted by atomic mass is 16.2. The number of benzene rings is 2. The maximum Gasteiger partial charge on any atom is 0.258 e. The van der Waals surface area contributed by atoms with E-state index in [4.69, 9.17) is 0 Å². The van der Waals surface area contributed by atoms with E-state index in [9.17, 15) is 9.59 Å². The third-order valence-electron chi connectivity index (χ3n) is 3.94. The van der Waals surface area contributed by atoms with Gasteiger partial charge in [-0.25, -0.2) is 0 Å². The number of anilines is 1. The van der Waals surface area contributed by atoms with Crippen molar-refractivity contribution in [3.63, 3.8) is 0 Å². The smallest absolute Gasteiger partial charge is 0.258 e. The first-order valence-corrected chi connectivity index (χ1v) is 8.47. The lowest BCUT2D eigenvalue weighted by Crippen LogP contribution is -2.38. The minimum absolute atomic E-state index is 0.151. The molecule has 0 unspecified atom stereocenters. The van der Waals surface area contributed by atoms with Crippen molar-refractivity contribution in [1.29, 1.82) is 0 Å². The van der Waals surface area contributed by atoms with Crippen molar-refractivity contribution in [2.24, 2.45) is 0 Å². The molecule has 2 rings (SSSR count). The molecular formula is C20H25N3O2. The number of likely N-dealkylation sites (N-methyl/N-ethyl adjacent to an activating group) is 1. The zero-order chi connectivity index (χ0) is 18.2. The van der Waals surface area contributed by atoms with Crippen LogP contribution in [0.5, 0.6) is 0 Å². The number of hydrogen-bond acceptors (Lipinski definition) is 3. The average Bonchev–Trinajstić information content (AvgIpc) is 2.66. The van der Waals surface area contributed by atoms with Crippen molar-refractivity contribution >= 4 is 17.5 Å². The molecule has 2 amide bonds. The monoisotopic (exact) mass is 339 g/mol. The molecule has 0 aliphatic carbocycles. The van der Waals surface area contributed by atoms with E-state index >= 15 is 0 Å². The summed E-state index contributed by atoms with van der Waals surface area (Å²) in [6, 6.07) is 16.4. The molecule has 0 aliphatic heterocycles. The van der Waals surface area contributed by atoms with Gasteiger partial charge in [0.05, 0.1) is 0 Å². The minimum atomic E-state index is -0.179. The fourth-order valence-electron chi connectivity index (χ4n) is 2.52. The lowest BCUT2D eigenvalue weighted by atomic mass is 10.1. The standard InChI is InChI=1S/C20H25N3O2/c1-4-21-15(2)14-22-19(24)16-9-8-10-17(13-16)20(25)23(3)18-11-6-5-7-12-18/h5-13,15,21H,4,14H2,1-3H3,(H,22,24)/t15-/m1/s1. The number of amides is 2. The van der Waals surface area contributed by atoms with Gasteiger partial charge in [0, 0.05) is 36.4 Å². The van der Waals surface area contributed by atoms with Gasteiger partial charge < -0.3 is 15.5 Å². The van der Waals surface area contributed by atoms with E-state index in [1.165, 1.54) is 0 Å². The van der Waals surface area contributed by atoms with Crippen molar-refractivity contribution in [1.82, 2.24) is 10.6 Å². The van der Waals surface area contributed by atoms with E-state index in [0.717, 1.165) is 12.2 Å². The molecule has 0 spiro atoms. The number of nitrogens with one attached hydrogen (secondary N) is 2. The predicted molar refractivity (Wildman–Crippen MR) is 101 cm³/mol. The summed E-state index contributed by atoms with van der Waals surface area (Å²) in [5.74, 6) is -0.330. The molecule has 2 aromatic rings. The van der Waals surface area contributed by atoms with Crippen LogP contribution in [-0.4, -0.2) is 38.0 Å². The number of para-hydroxylation sites is 1. The molecule has 1 atom stereocenters. The number of carbonyl (C=O) groups is 2. The molecule has 25 heavy (non-hydrogen) atoms. The molecule has 5 nitrogen and oxygen atoms in total. The van der Waals surface area contributed by atoms with Crippen molar-refractivity contribution < 1.29 is 9.59 Å². The van der Waals surface area contributed by atoms with Crippen LogP contribution >= 0.6 is 0 Å². The summed E-state index contributed by atoms with van der Waals surface area (Å²) in [5.41, 5.74) is 1.77. The molecule has 0 fully saturated rings. The van der Waals surface area contributed by atoms with Crippen LogP contribution < -0.4 is 15.5 Å². The Morgan fingerprint density at radius 2 is 1.72 bits per heavy atom. The fraction of sp³-hybridized carbons (Fsp3) is 0.300. The van der Waals surface area contributed by atoms with Crippen LogP contribution in [0.2, 0.25) is 0 Å². The van der Waals surface area contributed by atoms with Crippen molar-refractivity contribution in [2.45, 2.75) is 19.9 Å². The first-order valence-electron chi connectivity index (χ1n) is 8.47. The summed E-state index contributed by atoms with van der Waals surface area (Å²) in [5, 5.41) is 6.12. The first kappa shape index (κ1) is 18.7. The number of rotatable bonds is 7. The zero-order valence-electron chi connectivity index (χ0n) is 15.0. The van der Waals surface area contributed by atoms with Crippen LogP contribution in [0.15, 0.2) is 54.6 Å². The molecule has 0 bridgehead atoms. The van der Waals surface area contributed by atoms with Crippen LogP contribution in [-0.2, 0) is 0 Å². The van der Waals surface area contributed by atoms with Crippen molar-refractivity contribution in [2.75, 3.05) is 25.0 Å². The Morgan fingerprint density at radius 1 is 1.04 bits per heavy atom. The first-order chi connectivity index (χ1) is 12.0. The molecule has 2 N–H and O–H groups in total. The van der Waals surface area contributed by atoms with Gasteiger partial charge in [-0.1, -0.05) is 31.2 Å².